The van der Waals surface area contributed by atoms with Gasteiger partial charge < -0.3 is 4.74 Å². The molecule has 0 amide bonds. The molecule has 0 aliphatic heterocycles. The van der Waals surface area contributed by atoms with Crippen LogP contribution in [0.5, 0.6) is 0 Å². The van der Waals surface area contributed by atoms with E-state index in [2.05, 4.69) is 15.9 Å². The lowest BCUT2D eigenvalue weighted by Crippen LogP contribution is -2.04. The molecule has 0 spiro atoms. The Morgan fingerprint density at radius 3 is 2.69 bits per heavy atom. The van der Waals surface area contributed by atoms with Gasteiger partial charge in [-0.05, 0) is 35.4 Å². The molecule has 0 bridgehead atoms. The molecular formula is C13H11BrO2. The lowest BCUT2D eigenvalue weighted by atomic mass is 10.00. The van der Waals surface area contributed by atoms with Gasteiger partial charge in [-0.15, -0.1) is 0 Å². The van der Waals surface area contributed by atoms with Gasteiger partial charge in [-0.1, -0.05) is 34.1 Å². The van der Waals surface area contributed by atoms with E-state index in [0.29, 0.717) is 5.56 Å². The number of fused-ring (bicyclic) bond motifs is 1. The Hall–Kier alpha value is -1.35. The summed E-state index contributed by atoms with van der Waals surface area (Å²) in [6.07, 6.45) is 0. The maximum atomic E-state index is 11.7. The summed E-state index contributed by atoms with van der Waals surface area (Å²) in [6.45, 7) is 1.91. The predicted octanol–water partition coefficient (Wildman–Crippen LogP) is 3.70. The molecule has 0 radical (unpaired) electrons. The molecule has 2 aromatic rings. The molecule has 2 nitrogen and oxygen atoms in total. The number of carbonyl (C=O) groups is 1. The zero-order valence-corrected chi connectivity index (χ0v) is 10.7. The first-order valence-electron chi connectivity index (χ1n) is 4.90. The minimum absolute atomic E-state index is 0.287. The fourth-order valence-corrected chi connectivity index (χ4v) is 2.16. The molecule has 2 rings (SSSR count). The van der Waals surface area contributed by atoms with Crippen molar-refractivity contribution in [2.45, 2.75) is 6.92 Å². The van der Waals surface area contributed by atoms with Crippen LogP contribution in [0.15, 0.2) is 34.8 Å². The first-order valence-corrected chi connectivity index (χ1v) is 5.70. The normalized spacial score (nSPS) is 10.4. The molecule has 0 saturated heterocycles. The maximum Gasteiger partial charge on any atom is 0.338 e. The number of carbonyl (C=O) groups excluding carboxylic acids is 1. The van der Waals surface area contributed by atoms with Crippen LogP contribution in [0.4, 0.5) is 0 Å². The molecule has 0 aromatic heterocycles. The Bertz CT molecular complexity index is 561. The highest BCUT2D eigenvalue weighted by atomic mass is 79.9. The maximum absolute atomic E-state index is 11.7. The molecular weight excluding hydrogens is 268 g/mol. The smallest absolute Gasteiger partial charge is 0.338 e. The monoisotopic (exact) mass is 278 g/mol. The topological polar surface area (TPSA) is 26.3 Å². The fourth-order valence-electron chi connectivity index (χ4n) is 1.78. The zero-order chi connectivity index (χ0) is 11.7. The number of ether oxygens (including phenoxy) is 1. The van der Waals surface area contributed by atoms with Gasteiger partial charge in [0.2, 0.25) is 0 Å². The summed E-state index contributed by atoms with van der Waals surface area (Å²) < 4.78 is 5.80. The molecule has 0 unspecified atom stereocenters. The fraction of sp³-hybridized carbons (Fsp3) is 0.154. The highest BCUT2D eigenvalue weighted by molar-refractivity contribution is 9.10. The SMILES string of the molecule is COC(=O)c1c(C)ccc2cc(Br)ccc12. The van der Waals surface area contributed by atoms with Crippen LogP contribution in [0.3, 0.4) is 0 Å². The summed E-state index contributed by atoms with van der Waals surface area (Å²) in [5.74, 6) is -0.287. The van der Waals surface area contributed by atoms with Crippen molar-refractivity contribution >= 4 is 32.7 Å². The number of aryl methyl sites for hydroxylation is 1. The van der Waals surface area contributed by atoms with Gasteiger partial charge in [0.1, 0.15) is 0 Å². The van der Waals surface area contributed by atoms with Crippen LogP contribution in [-0.4, -0.2) is 13.1 Å². The van der Waals surface area contributed by atoms with Gasteiger partial charge in [0.05, 0.1) is 12.7 Å². The van der Waals surface area contributed by atoms with Gasteiger partial charge in [-0.25, -0.2) is 4.79 Å². The number of esters is 1. The van der Waals surface area contributed by atoms with Crippen molar-refractivity contribution in [1.82, 2.24) is 0 Å². The van der Waals surface area contributed by atoms with E-state index in [9.17, 15) is 4.79 Å². The third kappa shape index (κ3) is 1.83. The van der Waals surface area contributed by atoms with Crippen molar-refractivity contribution in [2.75, 3.05) is 7.11 Å². The zero-order valence-electron chi connectivity index (χ0n) is 9.08. The van der Waals surface area contributed by atoms with Gasteiger partial charge in [0.25, 0.3) is 0 Å². The summed E-state index contributed by atoms with van der Waals surface area (Å²) in [6, 6.07) is 9.77. The van der Waals surface area contributed by atoms with E-state index in [4.69, 9.17) is 4.74 Å². The largest absolute Gasteiger partial charge is 0.465 e. The molecule has 0 heterocycles. The Morgan fingerprint density at radius 1 is 1.25 bits per heavy atom. The van der Waals surface area contributed by atoms with Crippen molar-refractivity contribution in [3.05, 3.63) is 45.9 Å². The van der Waals surface area contributed by atoms with Gasteiger partial charge in [0, 0.05) is 4.47 Å². The summed E-state index contributed by atoms with van der Waals surface area (Å²) in [4.78, 5) is 11.7. The molecule has 0 aliphatic carbocycles. The molecule has 0 fully saturated rings. The Morgan fingerprint density at radius 2 is 2.00 bits per heavy atom. The van der Waals surface area contributed by atoms with Crippen molar-refractivity contribution < 1.29 is 9.53 Å². The number of methoxy groups -OCH3 is 1. The summed E-state index contributed by atoms with van der Waals surface area (Å²) in [5, 5.41) is 1.95. The lowest BCUT2D eigenvalue weighted by molar-refractivity contribution is 0.0602. The van der Waals surface area contributed by atoms with E-state index in [-0.39, 0.29) is 5.97 Å². The third-order valence-corrected chi connectivity index (χ3v) is 3.07. The summed E-state index contributed by atoms with van der Waals surface area (Å²) >= 11 is 3.41. The third-order valence-electron chi connectivity index (χ3n) is 2.58. The molecule has 82 valence electrons. The number of hydrogen-bond acceptors (Lipinski definition) is 2. The van der Waals surface area contributed by atoms with Gasteiger partial charge >= 0.3 is 5.97 Å². The van der Waals surface area contributed by atoms with Gasteiger partial charge in [0.15, 0.2) is 0 Å². The molecule has 2 aromatic carbocycles. The quantitative estimate of drug-likeness (QED) is 0.744. The lowest BCUT2D eigenvalue weighted by Gasteiger charge is -2.08. The second kappa shape index (κ2) is 4.26. The van der Waals surface area contributed by atoms with Crippen LogP contribution in [0, 0.1) is 6.92 Å². The van der Waals surface area contributed by atoms with Crippen LogP contribution >= 0.6 is 15.9 Å². The Balaban J connectivity index is 2.79. The van der Waals surface area contributed by atoms with E-state index in [1.54, 1.807) is 0 Å². The molecule has 16 heavy (non-hydrogen) atoms. The van der Waals surface area contributed by atoms with Gasteiger partial charge in [-0.3, -0.25) is 0 Å². The van der Waals surface area contributed by atoms with Crippen LogP contribution in [0.2, 0.25) is 0 Å². The first kappa shape index (κ1) is 11.1. The summed E-state index contributed by atoms with van der Waals surface area (Å²) in [5.41, 5.74) is 1.58. The molecule has 3 heteroatoms. The highest BCUT2D eigenvalue weighted by Crippen LogP contribution is 2.25. The number of halogens is 1. The van der Waals surface area contributed by atoms with Crippen LogP contribution in [-0.2, 0) is 4.74 Å². The van der Waals surface area contributed by atoms with E-state index in [1.165, 1.54) is 7.11 Å². The van der Waals surface area contributed by atoms with Crippen molar-refractivity contribution in [3.8, 4) is 0 Å². The average Bonchev–Trinajstić information content (AvgIpc) is 2.28. The summed E-state index contributed by atoms with van der Waals surface area (Å²) in [7, 11) is 1.40. The standard InChI is InChI=1S/C13H11BrO2/c1-8-3-4-9-7-10(14)5-6-11(9)12(8)13(15)16-2/h3-7H,1-2H3. The number of hydrogen-bond donors (Lipinski definition) is 0. The second-order valence-electron chi connectivity index (χ2n) is 3.61. The Kier molecular flexibility index (Phi) is 2.97. The molecule has 0 N–H and O–H groups in total. The van der Waals surface area contributed by atoms with E-state index >= 15 is 0 Å². The second-order valence-corrected chi connectivity index (χ2v) is 4.53. The van der Waals surface area contributed by atoms with Crippen molar-refractivity contribution in [3.63, 3.8) is 0 Å². The molecule has 0 atom stereocenters. The number of rotatable bonds is 1. The van der Waals surface area contributed by atoms with E-state index in [1.807, 2.05) is 37.3 Å². The Labute approximate surface area is 102 Å². The average molecular weight is 279 g/mol. The highest BCUT2D eigenvalue weighted by Gasteiger charge is 2.13. The minimum atomic E-state index is -0.287. The van der Waals surface area contributed by atoms with Crippen LogP contribution in [0.25, 0.3) is 10.8 Å². The molecule has 0 aliphatic rings. The van der Waals surface area contributed by atoms with E-state index in [0.717, 1.165) is 20.8 Å². The number of benzene rings is 2. The predicted molar refractivity (Wildman–Crippen MR) is 67.7 cm³/mol. The van der Waals surface area contributed by atoms with E-state index < -0.39 is 0 Å². The van der Waals surface area contributed by atoms with Gasteiger partial charge in [-0.2, -0.15) is 0 Å². The molecule has 0 saturated carbocycles. The van der Waals surface area contributed by atoms with Crippen LogP contribution in [0.1, 0.15) is 15.9 Å². The van der Waals surface area contributed by atoms with Crippen molar-refractivity contribution in [1.29, 1.82) is 0 Å². The van der Waals surface area contributed by atoms with Crippen LogP contribution < -0.4 is 0 Å². The minimum Gasteiger partial charge on any atom is -0.465 e. The van der Waals surface area contributed by atoms with Crippen molar-refractivity contribution in [2.24, 2.45) is 0 Å². The first-order chi connectivity index (χ1) is 7.63.